The molecule has 0 aliphatic heterocycles. The summed E-state index contributed by atoms with van der Waals surface area (Å²) in [7, 11) is 1.51. The summed E-state index contributed by atoms with van der Waals surface area (Å²) >= 11 is 0. The minimum atomic E-state index is -0.908. The van der Waals surface area contributed by atoms with Gasteiger partial charge in [-0.15, -0.1) is 0 Å². The van der Waals surface area contributed by atoms with Crippen LogP contribution in [0.15, 0.2) is 42.5 Å². The zero-order valence-electron chi connectivity index (χ0n) is 17.1. The molecule has 0 unspecified atom stereocenters. The third kappa shape index (κ3) is 4.88. The maximum absolute atomic E-state index is 12.6. The number of hydrogen-bond donors (Lipinski definition) is 1. The molecule has 154 valence electrons. The van der Waals surface area contributed by atoms with Gasteiger partial charge in [-0.3, -0.25) is 4.79 Å². The lowest BCUT2D eigenvalue weighted by Crippen LogP contribution is -2.39. The van der Waals surface area contributed by atoms with Gasteiger partial charge in [0.15, 0.2) is 17.6 Å². The normalized spacial score (nSPS) is 16.3. The van der Waals surface area contributed by atoms with Crippen molar-refractivity contribution in [2.75, 3.05) is 13.7 Å². The molecule has 0 heterocycles. The van der Waals surface area contributed by atoms with E-state index < -0.39 is 12.1 Å². The molecule has 0 saturated heterocycles. The zero-order valence-corrected chi connectivity index (χ0v) is 17.1. The molecular weight excluding hydrogens is 370 g/mol. The van der Waals surface area contributed by atoms with E-state index in [1.54, 1.807) is 25.1 Å². The largest absolute Gasteiger partial charge is 0.493 e. The fraction of sp³-hybridized carbons (Fsp3) is 0.391. The van der Waals surface area contributed by atoms with Gasteiger partial charge >= 0.3 is 5.97 Å². The molecule has 1 N–H and O–H groups in total. The van der Waals surface area contributed by atoms with Crippen LogP contribution in [0.1, 0.15) is 54.2 Å². The van der Waals surface area contributed by atoms with Crippen molar-refractivity contribution in [3.8, 4) is 11.5 Å². The van der Waals surface area contributed by atoms with Gasteiger partial charge in [-0.05, 0) is 62.4 Å². The molecule has 3 rings (SSSR count). The van der Waals surface area contributed by atoms with Crippen molar-refractivity contribution in [3.05, 3.63) is 59.2 Å². The molecular formula is C23H27NO5. The van der Waals surface area contributed by atoms with Crippen molar-refractivity contribution in [2.45, 2.75) is 45.3 Å². The second kappa shape index (κ2) is 9.45. The highest BCUT2D eigenvalue weighted by Crippen LogP contribution is 2.30. The van der Waals surface area contributed by atoms with Crippen LogP contribution >= 0.6 is 0 Å². The number of methoxy groups -OCH3 is 1. The van der Waals surface area contributed by atoms with E-state index >= 15 is 0 Å². The zero-order chi connectivity index (χ0) is 20.8. The Balaban J connectivity index is 1.63. The number of ether oxygens (including phenoxy) is 3. The number of amides is 1. The number of esters is 1. The molecule has 2 aromatic carbocycles. The van der Waals surface area contributed by atoms with Crippen molar-refractivity contribution in [1.29, 1.82) is 0 Å². The number of hydrogen-bond acceptors (Lipinski definition) is 5. The molecule has 29 heavy (non-hydrogen) atoms. The lowest BCUT2D eigenvalue weighted by Gasteiger charge is -2.27. The first-order valence-electron chi connectivity index (χ1n) is 9.93. The molecule has 1 aliphatic rings. The van der Waals surface area contributed by atoms with Gasteiger partial charge in [-0.1, -0.05) is 24.3 Å². The summed E-state index contributed by atoms with van der Waals surface area (Å²) < 4.78 is 16.1. The summed E-state index contributed by atoms with van der Waals surface area (Å²) in [6.45, 7) is 3.93. The van der Waals surface area contributed by atoms with E-state index in [-0.39, 0.29) is 11.9 Å². The lowest BCUT2D eigenvalue weighted by molar-refractivity contribution is -0.130. The van der Waals surface area contributed by atoms with Crippen LogP contribution < -0.4 is 14.8 Å². The van der Waals surface area contributed by atoms with Gasteiger partial charge in [0.25, 0.3) is 5.91 Å². The van der Waals surface area contributed by atoms with Crippen LogP contribution in [0, 0.1) is 0 Å². The number of carbonyl (C=O) groups excluding carboxylic acids is 2. The minimum Gasteiger partial charge on any atom is -0.493 e. The molecule has 2 aromatic rings. The number of aryl methyl sites for hydroxylation is 1. The average Bonchev–Trinajstić information content (AvgIpc) is 2.74. The first kappa shape index (κ1) is 20.7. The summed E-state index contributed by atoms with van der Waals surface area (Å²) in [5.41, 5.74) is 2.70. The Morgan fingerprint density at radius 1 is 1.17 bits per heavy atom. The minimum absolute atomic E-state index is 0.0563. The molecule has 1 aliphatic carbocycles. The highest BCUT2D eigenvalue weighted by molar-refractivity contribution is 5.93. The highest BCUT2D eigenvalue weighted by Gasteiger charge is 2.26. The Labute approximate surface area is 171 Å². The average molecular weight is 397 g/mol. The number of benzene rings is 2. The molecule has 0 fully saturated rings. The second-order valence-electron chi connectivity index (χ2n) is 7.00. The van der Waals surface area contributed by atoms with Gasteiger partial charge in [-0.25, -0.2) is 4.79 Å². The Kier molecular flexibility index (Phi) is 6.75. The van der Waals surface area contributed by atoms with E-state index in [2.05, 4.69) is 11.4 Å². The van der Waals surface area contributed by atoms with Crippen molar-refractivity contribution >= 4 is 11.9 Å². The molecule has 0 aromatic heterocycles. The Morgan fingerprint density at radius 2 is 1.97 bits per heavy atom. The smallest absolute Gasteiger partial charge is 0.339 e. The van der Waals surface area contributed by atoms with Gasteiger partial charge < -0.3 is 19.5 Å². The number of nitrogens with one attached hydrogen (secondary N) is 1. The van der Waals surface area contributed by atoms with Crippen LogP contribution in [0.4, 0.5) is 0 Å². The van der Waals surface area contributed by atoms with E-state index in [1.165, 1.54) is 12.7 Å². The molecule has 0 bridgehead atoms. The molecule has 2 atom stereocenters. The summed E-state index contributed by atoms with van der Waals surface area (Å²) in [5.74, 6) is 0.0986. The molecule has 0 radical (unpaired) electrons. The van der Waals surface area contributed by atoms with E-state index in [0.717, 1.165) is 24.8 Å². The number of fused-ring (bicyclic) bond motifs is 1. The third-order valence-electron chi connectivity index (χ3n) is 5.04. The molecule has 0 spiro atoms. The van der Waals surface area contributed by atoms with Crippen molar-refractivity contribution in [3.63, 3.8) is 0 Å². The van der Waals surface area contributed by atoms with Crippen molar-refractivity contribution in [2.24, 2.45) is 0 Å². The van der Waals surface area contributed by atoms with E-state index in [0.29, 0.717) is 23.7 Å². The second-order valence-corrected chi connectivity index (χ2v) is 7.00. The fourth-order valence-electron chi connectivity index (χ4n) is 3.54. The van der Waals surface area contributed by atoms with Crippen LogP contribution in [0.3, 0.4) is 0 Å². The van der Waals surface area contributed by atoms with Gasteiger partial charge in [0, 0.05) is 0 Å². The van der Waals surface area contributed by atoms with Gasteiger partial charge in [0.2, 0.25) is 0 Å². The van der Waals surface area contributed by atoms with Gasteiger partial charge in [-0.2, -0.15) is 0 Å². The van der Waals surface area contributed by atoms with Crippen LogP contribution in [0.5, 0.6) is 11.5 Å². The monoisotopic (exact) mass is 397 g/mol. The Hall–Kier alpha value is -3.02. The van der Waals surface area contributed by atoms with E-state index in [1.807, 2.05) is 25.1 Å². The maximum Gasteiger partial charge on any atom is 0.339 e. The molecule has 6 nitrogen and oxygen atoms in total. The number of rotatable bonds is 7. The van der Waals surface area contributed by atoms with Crippen LogP contribution in [0.2, 0.25) is 0 Å². The summed E-state index contributed by atoms with van der Waals surface area (Å²) in [5, 5.41) is 3.02. The first-order chi connectivity index (χ1) is 14.0. The molecule has 1 amide bonds. The highest BCUT2D eigenvalue weighted by atomic mass is 16.5. The summed E-state index contributed by atoms with van der Waals surface area (Å²) in [4.78, 5) is 25.1. The van der Waals surface area contributed by atoms with Gasteiger partial charge in [0.05, 0.1) is 25.3 Å². The lowest BCUT2D eigenvalue weighted by atomic mass is 9.87. The summed E-state index contributed by atoms with van der Waals surface area (Å²) in [6, 6.07) is 12.9. The fourth-order valence-corrected chi connectivity index (χ4v) is 3.54. The SMILES string of the molecule is CCOc1ccc(C(=O)O[C@H](C)C(=O)N[C@H]2CCCc3ccccc32)cc1OC. The predicted octanol–water partition coefficient (Wildman–Crippen LogP) is 3.83. The molecule has 0 saturated carbocycles. The molecule has 6 heteroatoms. The van der Waals surface area contributed by atoms with Crippen LogP contribution in [-0.4, -0.2) is 31.7 Å². The standard InChI is InChI=1S/C23H27NO5/c1-4-28-20-13-12-17(14-21(20)27-3)23(26)29-15(2)22(25)24-19-11-7-9-16-8-5-6-10-18(16)19/h5-6,8,10,12-15,19H,4,7,9,11H2,1-3H3,(H,24,25)/t15-,19+/m1/s1. The third-order valence-corrected chi connectivity index (χ3v) is 5.04. The van der Waals surface area contributed by atoms with Gasteiger partial charge in [0.1, 0.15) is 0 Å². The van der Waals surface area contributed by atoms with E-state index in [4.69, 9.17) is 14.2 Å². The maximum atomic E-state index is 12.6. The topological polar surface area (TPSA) is 73.9 Å². The van der Waals surface area contributed by atoms with E-state index in [9.17, 15) is 9.59 Å². The van der Waals surface area contributed by atoms with Crippen LogP contribution in [-0.2, 0) is 16.0 Å². The van der Waals surface area contributed by atoms with Crippen LogP contribution in [0.25, 0.3) is 0 Å². The Bertz CT molecular complexity index is 879. The summed E-state index contributed by atoms with van der Waals surface area (Å²) in [6.07, 6.45) is 2.00. The quantitative estimate of drug-likeness (QED) is 0.719. The van der Waals surface area contributed by atoms with Crippen molar-refractivity contribution < 1.29 is 23.8 Å². The van der Waals surface area contributed by atoms with Crippen molar-refractivity contribution in [1.82, 2.24) is 5.32 Å². The Morgan fingerprint density at radius 3 is 2.72 bits per heavy atom. The predicted molar refractivity (Wildman–Crippen MR) is 109 cm³/mol. The number of carbonyl (C=O) groups is 2. The first-order valence-corrected chi connectivity index (χ1v) is 9.93.